The molecular weight excluding hydrogens is 294 g/mol. The Morgan fingerprint density at radius 3 is 1.79 bits per heavy atom. The lowest BCUT2D eigenvalue weighted by atomic mass is 9.78. The fourth-order valence-corrected chi connectivity index (χ4v) is 6.78. The molecule has 2 nitrogen and oxygen atoms in total. The summed E-state index contributed by atoms with van der Waals surface area (Å²) in [5.74, 6) is 5.06. The van der Waals surface area contributed by atoms with E-state index in [1.54, 1.807) is 6.92 Å². The van der Waals surface area contributed by atoms with Crippen LogP contribution >= 0.6 is 0 Å². The maximum absolute atomic E-state index is 12.0. The molecule has 1 aromatic carbocycles. The molecule has 6 atom stereocenters. The highest BCUT2D eigenvalue weighted by Gasteiger charge is 2.44. The minimum absolute atomic E-state index is 0.0926. The van der Waals surface area contributed by atoms with Gasteiger partial charge < -0.3 is 5.32 Å². The van der Waals surface area contributed by atoms with Crippen molar-refractivity contribution in [2.24, 2.45) is 23.7 Å². The number of benzene rings is 1. The van der Waals surface area contributed by atoms with Crippen molar-refractivity contribution in [1.29, 1.82) is 0 Å². The van der Waals surface area contributed by atoms with Crippen molar-refractivity contribution in [2.45, 2.75) is 70.1 Å². The number of nitrogens with one attached hydrogen (secondary N) is 1. The zero-order chi connectivity index (χ0) is 16.3. The van der Waals surface area contributed by atoms with Gasteiger partial charge in [0, 0.05) is 12.6 Å². The molecule has 4 unspecified atom stereocenters. The maximum Gasteiger partial charge on any atom is 0.221 e. The van der Waals surface area contributed by atoms with Gasteiger partial charge in [-0.05, 0) is 85.2 Å². The predicted octanol–water partition coefficient (Wildman–Crippen LogP) is 5.45. The quantitative estimate of drug-likeness (QED) is 0.787. The van der Waals surface area contributed by atoms with Gasteiger partial charge in [-0.25, -0.2) is 0 Å². The average molecular weight is 323 g/mol. The van der Waals surface area contributed by atoms with Gasteiger partial charge in [-0.1, -0.05) is 31.0 Å². The van der Waals surface area contributed by atoms with E-state index in [-0.39, 0.29) is 5.91 Å². The van der Waals surface area contributed by atoms with E-state index in [1.165, 1.54) is 68.2 Å². The van der Waals surface area contributed by atoms with E-state index >= 15 is 0 Å². The largest absolute Gasteiger partial charge is 0.326 e. The van der Waals surface area contributed by atoms with Crippen LogP contribution in [0.25, 0.3) is 0 Å². The third-order valence-electron chi connectivity index (χ3n) is 7.71. The first kappa shape index (κ1) is 15.0. The van der Waals surface area contributed by atoms with Crippen LogP contribution in [0.15, 0.2) is 18.2 Å². The summed E-state index contributed by atoms with van der Waals surface area (Å²) in [4.78, 5) is 12.0. The van der Waals surface area contributed by atoms with Crippen LogP contribution in [-0.4, -0.2) is 5.91 Å². The molecule has 4 bridgehead atoms. The maximum atomic E-state index is 12.0. The van der Waals surface area contributed by atoms with Crippen LogP contribution in [0.3, 0.4) is 0 Å². The summed E-state index contributed by atoms with van der Waals surface area (Å²) in [6.45, 7) is 1.67. The fourth-order valence-electron chi connectivity index (χ4n) is 6.78. The number of para-hydroxylation sites is 1. The standard InChI is InChI=1S/C22H29NO/c1-13(24)23-22-18(20-11-14-5-7-16(20)9-14)3-2-4-19(22)21-12-15-6-8-17(21)10-15/h2-4,14-17,20-21H,5-12H2,1H3,(H,23,24)/t14?,15?,16-,17?,20?,21+/m1/s1. The van der Waals surface area contributed by atoms with Crippen molar-refractivity contribution in [3.63, 3.8) is 0 Å². The lowest BCUT2D eigenvalue weighted by Crippen LogP contribution is -2.18. The zero-order valence-electron chi connectivity index (χ0n) is 14.8. The second-order valence-corrected chi connectivity index (χ2v) is 9.06. The minimum atomic E-state index is 0.0926. The van der Waals surface area contributed by atoms with Gasteiger partial charge in [0.2, 0.25) is 5.91 Å². The molecule has 1 aromatic rings. The molecule has 4 aliphatic rings. The van der Waals surface area contributed by atoms with Gasteiger partial charge in [0.1, 0.15) is 0 Å². The summed E-state index contributed by atoms with van der Waals surface area (Å²) in [5, 5.41) is 3.28. The van der Waals surface area contributed by atoms with Gasteiger partial charge in [-0.15, -0.1) is 0 Å². The second kappa shape index (κ2) is 5.61. The number of hydrogen-bond donors (Lipinski definition) is 1. The molecule has 24 heavy (non-hydrogen) atoms. The number of anilines is 1. The topological polar surface area (TPSA) is 29.1 Å². The Morgan fingerprint density at radius 2 is 1.42 bits per heavy atom. The van der Waals surface area contributed by atoms with Crippen LogP contribution in [0.5, 0.6) is 0 Å². The number of hydrogen-bond acceptors (Lipinski definition) is 1. The van der Waals surface area contributed by atoms with Gasteiger partial charge in [-0.3, -0.25) is 4.79 Å². The zero-order valence-corrected chi connectivity index (χ0v) is 14.8. The summed E-state index contributed by atoms with van der Waals surface area (Å²) in [6, 6.07) is 6.90. The van der Waals surface area contributed by atoms with Crippen molar-refractivity contribution >= 4 is 11.6 Å². The van der Waals surface area contributed by atoms with E-state index in [0.717, 1.165) is 23.7 Å². The first-order chi connectivity index (χ1) is 11.7. The van der Waals surface area contributed by atoms with E-state index in [1.807, 2.05) is 0 Å². The van der Waals surface area contributed by atoms with Crippen LogP contribution in [-0.2, 0) is 4.79 Å². The lowest BCUT2D eigenvalue weighted by Gasteiger charge is -2.30. The minimum Gasteiger partial charge on any atom is -0.326 e. The molecule has 0 aromatic heterocycles. The molecule has 0 saturated heterocycles. The van der Waals surface area contributed by atoms with Gasteiger partial charge in [0.25, 0.3) is 0 Å². The predicted molar refractivity (Wildman–Crippen MR) is 97.1 cm³/mol. The van der Waals surface area contributed by atoms with Crippen LogP contribution in [0, 0.1) is 23.7 Å². The third kappa shape index (κ3) is 2.33. The molecule has 0 spiro atoms. The number of carbonyl (C=O) groups is 1. The second-order valence-electron chi connectivity index (χ2n) is 9.06. The summed E-state index contributed by atoms with van der Waals surface area (Å²) >= 11 is 0. The summed E-state index contributed by atoms with van der Waals surface area (Å²) in [6.07, 6.45) is 11.2. The van der Waals surface area contributed by atoms with Crippen molar-refractivity contribution in [2.75, 3.05) is 5.32 Å². The van der Waals surface area contributed by atoms with Crippen LogP contribution in [0.4, 0.5) is 5.69 Å². The Hall–Kier alpha value is -1.31. The SMILES string of the molecule is CC(=O)Nc1c(C2CC3CC[C@@H]2C3)cccc1[C@H]1CC2CCC1C2. The van der Waals surface area contributed by atoms with E-state index in [2.05, 4.69) is 23.5 Å². The molecule has 0 radical (unpaired) electrons. The molecule has 4 aliphatic carbocycles. The van der Waals surface area contributed by atoms with E-state index in [4.69, 9.17) is 0 Å². The number of amides is 1. The third-order valence-corrected chi connectivity index (χ3v) is 7.71. The Balaban J connectivity index is 1.54. The monoisotopic (exact) mass is 323 g/mol. The molecule has 0 heterocycles. The number of fused-ring (bicyclic) bond motifs is 4. The number of carbonyl (C=O) groups excluding carboxylic acids is 1. The Bertz CT molecular complexity index is 620. The molecule has 1 N–H and O–H groups in total. The van der Waals surface area contributed by atoms with Gasteiger partial charge in [0.15, 0.2) is 0 Å². The molecule has 128 valence electrons. The average Bonchev–Trinajstić information content (AvgIpc) is 3.35. The van der Waals surface area contributed by atoms with Crippen molar-refractivity contribution < 1.29 is 4.79 Å². The normalized spacial score (nSPS) is 39.5. The molecular formula is C22H29NO. The Morgan fingerprint density at radius 1 is 0.875 bits per heavy atom. The lowest BCUT2D eigenvalue weighted by molar-refractivity contribution is -0.114. The summed E-state index contributed by atoms with van der Waals surface area (Å²) in [7, 11) is 0. The van der Waals surface area contributed by atoms with E-state index in [9.17, 15) is 4.79 Å². The molecule has 5 rings (SSSR count). The highest BCUT2D eigenvalue weighted by Crippen LogP contribution is 2.57. The first-order valence-electron chi connectivity index (χ1n) is 10.1. The van der Waals surface area contributed by atoms with Gasteiger partial charge in [-0.2, -0.15) is 0 Å². The number of rotatable bonds is 3. The van der Waals surface area contributed by atoms with Gasteiger partial charge >= 0.3 is 0 Å². The molecule has 1 amide bonds. The highest BCUT2D eigenvalue weighted by molar-refractivity contribution is 5.91. The first-order valence-corrected chi connectivity index (χ1v) is 10.1. The highest BCUT2D eigenvalue weighted by atomic mass is 16.1. The van der Waals surface area contributed by atoms with Gasteiger partial charge in [0.05, 0.1) is 0 Å². The van der Waals surface area contributed by atoms with E-state index in [0.29, 0.717) is 11.8 Å². The van der Waals surface area contributed by atoms with E-state index < -0.39 is 0 Å². The van der Waals surface area contributed by atoms with Crippen LogP contribution in [0.2, 0.25) is 0 Å². The van der Waals surface area contributed by atoms with Crippen molar-refractivity contribution in [3.05, 3.63) is 29.3 Å². The van der Waals surface area contributed by atoms with Crippen LogP contribution in [0.1, 0.15) is 81.3 Å². The smallest absolute Gasteiger partial charge is 0.221 e. The summed E-state index contributed by atoms with van der Waals surface area (Å²) < 4.78 is 0. The fraction of sp³-hybridized carbons (Fsp3) is 0.682. The molecule has 0 aliphatic heterocycles. The van der Waals surface area contributed by atoms with Crippen LogP contribution < -0.4 is 5.32 Å². The molecule has 4 fully saturated rings. The molecule has 4 saturated carbocycles. The Labute approximate surface area is 145 Å². The van der Waals surface area contributed by atoms with Crippen molar-refractivity contribution in [1.82, 2.24) is 0 Å². The molecule has 2 heteroatoms. The van der Waals surface area contributed by atoms with Crippen molar-refractivity contribution in [3.8, 4) is 0 Å². The summed E-state index contributed by atoms with van der Waals surface area (Å²) in [5.41, 5.74) is 4.12. The Kier molecular flexibility index (Phi) is 3.50.